The van der Waals surface area contributed by atoms with Gasteiger partial charge in [-0.2, -0.15) is 0 Å². The minimum Gasteiger partial charge on any atom is -0.311 e. The summed E-state index contributed by atoms with van der Waals surface area (Å²) in [7, 11) is 0. The lowest BCUT2D eigenvalue weighted by Crippen LogP contribution is -2.55. The van der Waals surface area contributed by atoms with Crippen LogP contribution in [-0.4, -0.2) is 0 Å². The predicted molar refractivity (Wildman–Crippen MR) is 251 cm³/mol. The van der Waals surface area contributed by atoms with Gasteiger partial charge >= 0.3 is 0 Å². The van der Waals surface area contributed by atoms with E-state index in [0.717, 1.165) is 51.3 Å². The molecule has 0 amide bonds. The van der Waals surface area contributed by atoms with E-state index in [-0.39, 0.29) is 5.41 Å². The highest BCUT2D eigenvalue weighted by Crippen LogP contribution is 2.69. The number of fused-ring (bicyclic) bond motifs is 3. The highest BCUT2D eigenvalue weighted by atomic mass is 35.5. The average Bonchev–Trinajstić information content (AvgIpc) is 3.58. The molecule has 5 aliphatic rings. The summed E-state index contributed by atoms with van der Waals surface area (Å²) in [5.74, 6) is 3.30. The number of rotatable bonds is 7. The zero-order chi connectivity index (χ0) is 39.8. The molecule has 0 aliphatic heterocycles. The summed E-state index contributed by atoms with van der Waals surface area (Å²) in [6.45, 7) is 0. The van der Waals surface area contributed by atoms with E-state index in [9.17, 15) is 0 Å². The quantitative estimate of drug-likeness (QED) is 0.155. The van der Waals surface area contributed by atoms with Crippen LogP contribution in [0.15, 0.2) is 194 Å². The monoisotopic (exact) mass is 791 g/mol. The van der Waals surface area contributed by atoms with E-state index in [2.05, 4.69) is 199 Å². The van der Waals surface area contributed by atoms with Crippen LogP contribution in [0.5, 0.6) is 0 Å². The van der Waals surface area contributed by atoms with Crippen molar-refractivity contribution in [1.82, 2.24) is 0 Å². The van der Waals surface area contributed by atoms with Crippen LogP contribution in [0.3, 0.4) is 0 Å². The average molecular weight is 792 g/mol. The molecule has 60 heavy (non-hydrogen) atoms. The van der Waals surface area contributed by atoms with Crippen molar-refractivity contribution in [3.05, 3.63) is 210 Å². The van der Waals surface area contributed by atoms with E-state index >= 15 is 0 Å². The zero-order valence-electron chi connectivity index (χ0n) is 33.6. The lowest BCUT2D eigenvalue weighted by molar-refractivity contribution is -0.0399. The van der Waals surface area contributed by atoms with E-state index < -0.39 is 0 Å². The molecule has 1 nitrogen and oxygen atoms in total. The van der Waals surface area contributed by atoms with Gasteiger partial charge in [0.05, 0.1) is 0 Å². The maximum Gasteiger partial charge on any atom is 0.0490 e. The molecule has 0 N–H and O–H groups in total. The number of anilines is 3. The van der Waals surface area contributed by atoms with Crippen LogP contribution >= 0.6 is 11.6 Å². The standard InChI is InChI=1S/C58H46ClN/c59-57-37-54-52-13-7-8-14-55(52)58(47-32-38-31-39(34-47)35-48(58)33-38)56(54)36-53(57)46-17-15-42(16-18-46)45-23-29-51(30-24-45)60(49-25-19-43(20-26-49)40-9-3-1-4-10-40)50-27-21-44(22-28-50)41-11-5-2-6-12-41/h1-30,36-39,47-48H,31-35H2. The first-order valence-electron chi connectivity index (χ1n) is 21.9. The Bertz CT molecular complexity index is 2730. The van der Waals surface area contributed by atoms with Crippen molar-refractivity contribution in [2.75, 3.05) is 4.90 Å². The topological polar surface area (TPSA) is 3.24 Å². The largest absolute Gasteiger partial charge is 0.311 e. The minimum atomic E-state index is 0.127. The van der Waals surface area contributed by atoms with Crippen molar-refractivity contribution >= 4 is 28.7 Å². The third kappa shape index (κ3) is 5.74. The molecule has 0 saturated heterocycles. The van der Waals surface area contributed by atoms with Crippen LogP contribution in [0.1, 0.15) is 43.2 Å². The van der Waals surface area contributed by atoms with E-state index in [1.54, 1.807) is 11.1 Å². The van der Waals surface area contributed by atoms with Crippen molar-refractivity contribution in [2.45, 2.75) is 37.5 Å². The molecule has 8 aromatic rings. The van der Waals surface area contributed by atoms with Gasteiger partial charge in [-0.15, -0.1) is 0 Å². The summed E-state index contributed by atoms with van der Waals surface area (Å²) < 4.78 is 0. The molecule has 2 heteroatoms. The third-order valence-electron chi connectivity index (χ3n) is 14.8. The lowest BCUT2D eigenvalue weighted by Gasteiger charge is -2.61. The fourth-order valence-corrected chi connectivity index (χ4v) is 12.6. The van der Waals surface area contributed by atoms with Crippen molar-refractivity contribution in [1.29, 1.82) is 0 Å². The molecular formula is C58H46ClN. The Hall–Kier alpha value is -6.15. The second-order valence-electron chi connectivity index (χ2n) is 17.9. The Kier molecular flexibility index (Phi) is 8.49. The zero-order valence-corrected chi connectivity index (χ0v) is 34.4. The van der Waals surface area contributed by atoms with E-state index in [0.29, 0.717) is 0 Å². The van der Waals surface area contributed by atoms with Gasteiger partial charge < -0.3 is 4.90 Å². The molecule has 290 valence electrons. The van der Waals surface area contributed by atoms with Crippen LogP contribution in [-0.2, 0) is 5.41 Å². The van der Waals surface area contributed by atoms with Gasteiger partial charge in [-0.25, -0.2) is 0 Å². The normalized spacial score (nSPS) is 21.8. The van der Waals surface area contributed by atoms with Crippen molar-refractivity contribution < 1.29 is 0 Å². The lowest BCUT2D eigenvalue weighted by atomic mass is 9.43. The van der Waals surface area contributed by atoms with Gasteiger partial charge in [-0.1, -0.05) is 157 Å². The Morgan fingerprint density at radius 3 is 1.23 bits per heavy atom. The molecule has 1 spiro atoms. The predicted octanol–water partition coefficient (Wildman–Crippen LogP) is 16.2. The first-order chi connectivity index (χ1) is 29.6. The van der Waals surface area contributed by atoms with E-state index in [1.165, 1.54) is 82.2 Å². The summed E-state index contributed by atoms with van der Waals surface area (Å²) >= 11 is 7.27. The second-order valence-corrected chi connectivity index (χ2v) is 18.3. The van der Waals surface area contributed by atoms with Crippen molar-refractivity contribution in [3.8, 4) is 55.6 Å². The first kappa shape index (κ1) is 35.8. The molecule has 4 bridgehead atoms. The Morgan fingerprint density at radius 2 is 0.750 bits per heavy atom. The maximum atomic E-state index is 7.27. The highest BCUT2D eigenvalue weighted by molar-refractivity contribution is 6.33. The Balaban J connectivity index is 0.866. The number of benzene rings is 8. The van der Waals surface area contributed by atoms with Gasteiger partial charge in [0.2, 0.25) is 0 Å². The van der Waals surface area contributed by atoms with Crippen LogP contribution in [0.25, 0.3) is 55.6 Å². The third-order valence-corrected chi connectivity index (χ3v) is 15.1. The molecule has 0 unspecified atom stereocenters. The molecule has 0 heterocycles. The molecule has 0 radical (unpaired) electrons. The number of hydrogen-bond acceptors (Lipinski definition) is 1. The van der Waals surface area contributed by atoms with Gasteiger partial charge in [0.15, 0.2) is 0 Å². The first-order valence-corrected chi connectivity index (χ1v) is 22.2. The van der Waals surface area contributed by atoms with Gasteiger partial charge in [0.25, 0.3) is 0 Å². The number of nitrogens with zero attached hydrogens (tertiary/aromatic N) is 1. The van der Waals surface area contributed by atoms with Crippen LogP contribution in [0, 0.1) is 23.7 Å². The summed E-state index contributed by atoms with van der Waals surface area (Å²) in [6, 6.07) is 71.2. The maximum absolute atomic E-state index is 7.27. The molecule has 5 aliphatic carbocycles. The summed E-state index contributed by atoms with van der Waals surface area (Å²) in [6.07, 6.45) is 6.98. The molecule has 4 saturated carbocycles. The van der Waals surface area contributed by atoms with Crippen molar-refractivity contribution in [2.24, 2.45) is 23.7 Å². The molecular weight excluding hydrogens is 746 g/mol. The van der Waals surface area contributed by atoms with Crippen molar-refractivity contribution in [3.63, 3.8) is 0 Å². The van der Waals surface area contributed by atoms with Crippen LogP contribution < -0.4 is 4.90 Å². The fraction of sp³-hybridized carbons (Fsp3) is 0.172. The Morgan fingerprint density at radius 1 is 0.350 bits per heavy atom. The minimum absolute atomic E-state index is 0.127. The number of hydrogen-bond donors (Lipinski definition) is 0. The second kappa shape index (κ2) is 14.3. The van der Waals surface area contributed by atoms with Gasteiger partial charge in [-0.3, -0.25) is 0 Å². The van der Waals surface area contributed by atoms with E-state index in [1.807, 2.05) is 0 Å². The van der Waals surface area contributed by atoms with Crippen LogP contribution in [0.2, 0.25) is 5.02 Å². The fourth-order valence-electron chi connectivity index (χ4n) is 12.4. The molecule has 0 aromatic heterocycles. The van der Waals surface area contributed by atoms with Gasteiger partial charge in [0.1, 0.15) is 0 Å². The smallest absolute Gasteiger partial charge is 0.0490 e. The van der Waals surface area contributed by atoms with Gasteiger partial charge in [0, 0.05) is 33.1 Å². The van der Waals surface area contributed by atoms with Gasteiger partial charge in [-0.05, 0) is 166 Å². The van der Waals surface area contributed by atoms with E-state index in [4.69, 9.17) is 11.6 Å². The summed E-state index contributed by atoms with van der Waals surface area (Å²) in [4.78, 5) is 2.35. The Labute approximate surface area is 359 Å². The number of halogens is 1. The summed E-state index contributed by atoms with van der Waals surface area (Å²) in [5.41, 5.74) is 18.9. The molecule has 13 rings (SSSR count). The molecule has 8 aromatic carbocycles. The highest BCUT2D eigenvalue weighted by Gasteiger charge is 2.61. The SMILES string of the molecule is Clc1cc2c(cc1-c1ccc(-c3ccc(N(c4ccc(-c5ccccc5)cc4)c4ccc(-c5ccccc5)cc4)cc3)cc1)C1(c3ccccc3-2)C2CC3CC(C2)CC1C3. The van der Waals surface area contributed by atoms with Crippen LogP contribution in [0.4, 0.5) is 17.1 Å². The molecule has 0 atom stereocenters. The molecule has 4 fully saturated rings. The summed E-state index contributed by atoms with van der Waals surface area (Å²) in [5, 5.41) is 0.843.